The third-order valence-corrected chi connectivity index (χ3v) is 3.44. The molecular weight excluding hydrogens is 357 g/mol. The molecule has 7 nitrogen and oxygen atoms in total. The van der Waals surface area contributed by atoms with Gasteiger partial charge in [0.1, 0.15) is 30.9 Å². The topological polar surface area (TPSA) is 89.9 Å². The van der Waals surface area contributed by atoms with Gasteiger partial charge in [-0.25, -0.2) is 4.39 Å². The summed E-state index contributed by atoms with van der Waals surface area (Å²) in [7, 11) is 0. The molecule has 0 aliphatic rings. The standard InChI is InChI=1S/C16H19ClFNO6/c1-16(2,3)25-15(23)19(14(21)22,6-8-24-9-7-20)11-4-5-12(17)13(18)10-11/h4-5,7,10H,6,8-9H2,1-3H3/p+1. The van der Waals surface area contributed by atoms with Gasteiger partial charge >= 0.3 is 12.2 Å². The summed E-state index contributed by atoms with van der Waals surface area (Å²) in [6, 6.07) is 3.24. The molecule has 1 atom stereocenters. The number of aldehydes is 1. The van der Waals surface area contributed by atoms with Crippen molar-refractivity contribution in [2.24, 2.45) is 0 Å². The number of imide groups is 1. The van der Waals surface area contributed by atoms with Gasteiger partial charge in [0, 0.05) is 12.1 Å². The van der Waals surface area contributed by atoms with E-state index >= 15 is 0 Å². The summed E-state index contributed by atoms with van der Waals surface area (Å²) in [4.78, 5) is 35.0. The number of ether oxygens (including phenoxy) is 2. The maximum absolute atomic E-state index is 13.9. The van der Waals surface area contributed by atoms with E-state index in [1.807, 2.05) is 0 Å². The van der Waals surface area contributed by atoms with Gasteiger partial charge in [-0.2, -0.15) is 9.59 Å². The Morgan fingerprint density at radius 1 is 1.36 bits per heavy atom. The molecule has 0 spiro atoms. The Labute approximate surface area is 149 Å². The van der Waals surface area contributed by atoms with Gasteiger partial charge in [-0.05, 0) is 26.8 Å². The summed E-state index contributed by atoms with van der Waals surface area (Å²) in [5.74, 6) is -0.875. The number of halogens is 2. The van der Waals surface area contributed by atoms with Crippen molar-refractivity contribution in [3.8, 4) is 0 Å². The Morgan fingerprint density at radius 2 is 2.00 bits per heavy atom. The first kappa shape index (κ1) is 21.0. The van der Waals surface area contributed by atoms with Crippen LogP contribution in [0.25, 0.3) is 0 Å². The van der Waals surface area contributed by atoms with Crippen molar-refractivity contribution < 1.29 is 33.4 Å². The minimum Gasteiger partial charge on any atom is -0.435 e. The number of carbonyl (C=O) groups excluding carboxylic acids is 2. The summed E-state index contributed by atoms with van der Waals surface area (Å²) < 4.78 is 22.7. The second-order valence-electron chi connectivity index (χ2n) is 6.14. The molecule has 0 aliphatic carbocycles. The van der Waals surface area contributed by atoms with Crippen LogP contribution in [0.3, 0.4) is 0 Å². The van der Waals surface area contributed by atoms with E-state index in [2.05, 4.69) is 0 Å². The van der Waals surface area contributed by atoms with Crippen molar-refractivity contribution in [3.05, 3.63) is 29.0 Å². The molecule has 1 unspecified atom stereocenters. The SMILES string of the molecule is CC(C)(C)OC(=O)[N+](CCOCC=O)(C(=O)O)c1ccc(Cl)c(F)c1. The van der Waals surface area contributed by atoms with Gasteiger partial charge in [0.05, 0.1) is 11.6 Å². The normalized spacial score (nSPS) is 13.8. The highest BCUT2D eigenvalue weighted by molar-refractivity contribution is 6.30. The fraction of sp³-hybridized carbons (Fsp3) is 0.438. The highest BCUT2D eigenvalue weighted by Gasteiger charge is 2.51. The van der Waals surface area contributed by atoms with Crippen LogP contribution in [-0.4, -0.2) is 48.9 Å². The van der Waals surface area contributed by atoms with E-state index in [-0.39, 0.29) is 23.9 Å². The molecule has 1 aromatic carbocycles. The van der Waals surface area contributed by atoms with Crippen LogP contribution in [0.5, 0.6) is 0 Å². The minimum absolute atomic E-state index is 0.182. The lowest BCUT2D eigenvalue weighted by atomic mass is 10.2. The van der Waals surface area contributed by atoms with Crippen LogP contribution in [0, 0.1) is 5.82 Å². The predicted molar refractivity (Wildman–Crippen MR) is 89.2 cm³/mol. The summed E-state index contributed by atoms with van der Waals surface area (Å²) >= 11 is 5.63. The van der Waals surface area contributed by atoms with E-state index in [4.69, 9.17) is 21.1 Å². The van der Waals surface area contributed by atoms with Gasteiger partial charge < -0.3 is 19.4 Å². The molecule has 9 heteroatoms. The lowest BCUT2D eigenvalue weighted by Gasteiger charge is -2.31. The van der Waals surface area contributed by atoms with Crippen molar-refractivity contribution in [3.63, 3.8) is 0 Å². The third-order valence-electron chi connectivity index (χ3n) is 3.13. The van der Waals surface area contributed by atoms with Gasteiger partial charge in [-0.3, -0.25) is 0 Å². The monoisotopic (exact) mass is 376 g/mol. The maximum atomic E-state index is 13.9. The van der Waals surface area contributed by atoms with Gasteiger partial charge in [0.25, 0.3) is 0 Å². The zero-order chi connectivity index (χ0) is 19.3. The van der Waals surface area contributed by atoms with E-state index < -0.39 is 34.6 Å². The van der Waals surface area contributed by atoms with Crippen LogP contribution >= 0.6 is 11.6 Å². The lowest BCUT2D eigenvalue weighted by Crippen LogP contribution is -2.61. The molecule has 0 bridgehead atoms. The maximum Gasteiger partial charge on any atom is 0.532 e. The van der Waals surface area contributed by atoms with Crippen LogP contribution in [-0.2, 0) is 14.3 Å². The molecule has 0 heterocycles. The van der Waals surface area contributed by atoms with E-state index in [9.17, 15) is 23.9 Å². The molecule has 1 aromatic rings. The molecule has 2 amide bonds. The molecule has 1 rings (SSSR count). The van der Waals surface area contributed by atoms with Gasteiger partial charge in [0.15, 0.2) is 5.69 Å². The predicted octanol–water partition coefficient (Wildman–Crippen LogP) is 3.62. The van der Waals surface area contributed by atoms with Crippen LogP contribution in [0.15, 0.2) is 18.2 Å². The van der Waals surface area contributed by atoms with E-state index in [0.29, 0.717) is 6.29 Å². The molecule has 0 radical (unpaired) electrons. The van der Waals surface area contributed by atoms with Crippen molar-refractivity contribution in [1.82, 2.24) is 4.48 Å². The fourth-order valence-electron chi connectivity index (χ4n) is 2.01. The van der Waals surface area contributed by atoms with Crippen LogP contribution < -0.4 is 4.48 Å². The van der Waals surface area contributed by atoms with E-state index in [1.54, 1.807) is 20.8 Å². The van der Waals surface area contributed by atoms with Gasteiger partial charge in [-0.1, -0.05) is 16.1 Å². The van der Waals surface area contributed by atoms with E-state index in [1.165, 1.54) is 6.07 Å². The number of carbonyl (C=O) groups is 3. The molecule has 1 N–H and O–H groups in total. The van der Waals surface area contributed by atoms with Crippen molar-refractivity contribution in [2.45, 2.75) is 26.4 Å². The summed E-state index contributed by atoms with van der Waals surface area (Å²) in [5.41, 5.74) is -1.15. The van der Waals surface area contributed by atoms with Crippen molar-refractivity contribution in [1.29, 1.82) is 0 Å². The number of nitrogens with zero attached hydrogens (tertiary/aromatic N) is 1. The molecule has 0 fully saturated rings. The Morgan fingerprint density at radius 3 is 2.48 bits per heavy atom. The summed E-state index contributed by atoms with van der Waals surface area (Å²) in [6.45, 7) is 3.82. The Hall–Kier alpha value is -2.03. The highest BCUT2D eigenvalue weighted by Crippen LogP contribution is 2.30. The number of amides is 2. The van der Waals surface area contributed by atoms with E-state index in [0.717, 1.165) is 12.1 Å². The van der Waals surface area contributed by atoms with Crippen LogP contribution in [0.2, 0.25) is 5.02 Å². The first-order chi connectivity index (χ1) is 11.5. The molecule has 0 saturated carbocycles. The first-order valence-corrected chi connectivity index (χ1v) is 7.74. The number of carboxylic acid groups (broad SMARTS) is 1. The summed E-state index contributed by atoms with van der Waals surface area (Å²) in [5, 5.41) is 9.54. The van der Waals surface area contributed by atoms with Crippen LogP contribution in [0.4, 0.5) is 19.7 Å². The van der Waals surface area contributed by atoms with Gasteiger partial charge in [0.2, 0.25) is 0 Å². The van der Waals surface area contributed by atoms with Crippen molar-refractivity contribution >= 4 is 35.8 Å². The average molecular weight is 377 g/mol. The number of hydrogen-bond donors (Lipinski definition) is 1. The first-order valence-electron chi connectivity index (χ1n) is 7.36. The zero-order valence-electron chi connectivity index (χ0n) is 14.1. The largest absolute Gasteiger partial charge is 0.532 e. The minimum atomic E-state index is -1.58. The Bertz CT molecular complexity index is 661. The second-order valence-corrected chi connectivity index (χ2v) is 6.54. The quantitative estimate of drug-likeness (QED) is 0.463. The fourth-order valence-corrected chi connectivity index (χ4v) is 2.12. The number of rotatable bonds is 6. The summed E-state index contributed by atoms with van der Waals surface area (Å²) in [6.07, 6.45) is -2.20. The average Bonchev–Trinajstić information content (AvgIpc) is 2.48. The Kier molecular flexibility index (Phi) is 7.04. The zero-order valence-corrected chi connectivity index (χ0v) is 14.9. The number of quaternary nitrogens is 1. The third kappa shape index (κ3) is 5.22. The Balaban J connectivity index is 3.38. The molecule has 0 aliphatic heterocycles. The van der Waals surface area contributed by atoms with Gasteiger partial charge in [-0.15, -0.1) is 0 Å². The number of benzene rings is 1. The number of hydrogen-bond acceptors (Lipinski definition) is 5. The molecule has 0 saturated heterocycles. The smallest absolute Gasteiger partial charge is 0.435 e. The molecule has 0 aromatic heterocycles. The molecular formula is C16H20ClFNO6+. The van der Waals surface area contributed by atoms with Crippen molar-refractivity contribution in [2.75, 3.05) is 19.8 Å². The van der Waals surface area contributed by atoms with Crippen LogP contribution in [0.1, 0.15) is 20.8 Å². The molecule has 138 valence electrons. The second kappa shape index (κ2) is 8.37. The highest BCUT2D eigenvalue weighted by atomic mass is 35.5. The molecule has 25 heavy (non-hydrogen) atoms. The lowest BCUT2D eigenvalue weighted by molar-refractivity contribution is -0.111.